The molecular formula is C19H20O2S. The zero-order valence-electron chi connectivity index (χ0n) is 12.6. The molecule has 0 saturated heterocycles. The van der Waals surface area contributed by atoms with Gasteiger partial charge in [0.2, 0.25) is 0 Å². The van der Waals surface area contributed by atoms with Gasteiger partial charge in [0.25, 0.3) is 0 Å². The minimum atomic E-state index is 0.0907. The summed E-state index contributed by atoms with van der Waals surface area (Å²) < 4.78 is 5.10. The fourth-order valence-electron chi connectivity index (χ4n) is 7.71. The first-order chi connectivity index (χ1) is 10.8. The number of methoxy groups -OCH3 is 1. The molecule has 5 fully saturated rings. The fraction of sp³-hybridized carbons (Fsp3) is 0.632. The molecule has 5 saturated carbocycles. The minimum absolute atomic E-state index is 0.0907. The van der Waals surface area contributed by atoms with E-state index in [1.165, 1.54) is 11.3 Å². The van der Waals surface area contributed by atoms with E-state index >= 15 is 0 Å². The van der Waals surface area contributed by atoms with Crippen LogP contribution in [0.4, 0.5) is 0 Å². The smallest absolute Gasteiger partial charge is 0.309 e. The van der Waals surface area contributed by atoms with Crippen molar-refractivity contribution < 1.29 is 9.53 Å². The number of carbonyl (C=O) groups excluding carboxylic acids is 1. The van der Waals surface area contributed by atoms with Crippen molar-refractivity contribution in [3.8, 4) is 0 Å². The topological polar surface area (TPSA) is 26.3 Å². The van der Waals surface area contributed by atoms with Crippen molar-refractivity contribution in [3.05, 3.63) is 30.3 Å². The number of fused-ring (bicyclic) bond motifs is 3. The molecule has 1 unspecified atom stereocenters. The molecule has 5 aliphatic carbocycles. The molecule has 0 amide bonds. The molecule has 6 rings (SSSR count). The molecule has 22 heavy (non-hydrogen) atoms. The molecule has 1 aromatic rings. The summed E-state index contributed by atoms with van der Waals surface area (Å²) in [5.74, 6) is 6.98. The molecule has 2 nitrogen and oxygen atoms in total. The molecule has 10 atom stereocenters. The lowest BCUT2D eigenvalue weighted by atomic mass is 9.54. The van der Waals surface area contributed by atoms with Crippen LogP contribution in [0.3, 0.4) is 0 Å². The molecule has 0 spiro atoms. The predicted molar refractivity (Wildman–Crippen MR) is 84.1 cm³/mol. The summed E-state index contributed by atoms with van der Waals surface area (Å²) in [5.41, 5.74) is 0. The summed E-state index contributed by atoms with van der Waals surface area (Å²) in [5, 5.41) is 0.818. The highest BCUT2D eigenvalue weighted by Crippen LogP contribution is 2.86. The van der Waals surface area contributed by atoms with Crippen LogP contribution in [0.1, 0.15) is 6.42 Å². The van der Waals surface area contributed by atoms with Crippen molar-refractivity contribution in [3.63, 3.8) is 0 Å². The number of hydrogen-bond acceptors (Lipinski definition) is 3. The Morgan fingerprint density at radius 1 is 1.00 bits per heavy atom. The molecule has 0 heterocycles. The number of esters is 1. The molecule has 3 heteroatoms. The summed E-state index contributed by atoms with van der Waals surface area (Å²) in [6, 6.07) is 10.9. The molecule has 6 bridgehead atoms. The highest BCUT2D eigenvalue weighted by molar-refractivity contribution is 8.00. The van der Waals surface area contributed by atoms with E-state index in [0.29, 0.717) is 11.8 Å². The first-order valence-electron chi connectivity index (χ1n) is 8.61. The van der Waals surface area contributed by atoms with Gasteiger partial charge in [0, 0.05) is 10.1 Å². The van der Waals surface area contributed by atoms with Gasteiger partial charge < -0.3 is 4.74 Å². The number of ether oxygens (including phenoxy) is 1. The monoisotopic (exact) mass is 312 g/mol. The van der Waals surface area contributed by atoms with Gasteiger partial charge in [0.15, 0.2) is 0 Å². The molecule has 0 radical (unpaired) electrons. The molecule has 5 aliphatic rings. The highest BCUT2D eigenvalue weighted by Gasteiger charge is 2.84. The Bertz CT molecular complexity index is 653. The minimum Gasteiger partial charge on any atom is -0.469 e. The maximum Gasteiger partial charge on any atom is 0.309 e. The molecule has 0 aliphatic heterocycles. The summed E-state index contributed by atoms with van der Waals surface area (Å²) >= 11 is 2.13. The third kappa shape index (κ3) is 1.16. The Kier molecular flexibility index (Phi) is 2.22. The third-order valence-corrected chi connectivity index (χ3v) is 9.29. The van der Waals surface area contributed by atoms with E-state index in [2.05, 4.69) is 42.1 Å². The zero-order valence-corrected chi connectivity index (χ0v) is 13.4. The van der Waals surface area contributed by atoms with E-state index in [9.17, 15) is 4.79 Å². The van der Waals surface area contributed by atoms with E-state index < -0.39 is 0 Å². The Morgan fingerprint density at radius 3 is 2.45 bits per heavy atom. The van der Waals surface area contributed by atoms with E-state index in [4.69, 9.17) is 4.74 Å². The number of thioether (sulfide) groups is 1. The average molecular weight is 312 g/mol. The average Bonchev–Trinajstić information content (AvgIpc) is 3.23. The van der Waals surface area contributed by atoms with Crippen LogP contribution in [0.15, 0.2) is 35.2 Å². The SMILES string of the molecule is COC(=O)[C@H]1[C@H]2C3[C@@H]4[C@@H]5C[C@H]([C@@H]4Sc4ccccc4)[C@H]2[C@@H]5[C@@H]31. The molecule has 0 aromatic heterocycles. The van der Waals surface area contributed by atoms with Crippen LogP contribution in [0.5, 0.6) is 0 Å². The van der Waals surface area contributed by atoms with Gasteiger partial charge in [-0.25, -0.2) is 0 Å². The van der Waals surface area contributed by atoms with Gasteiger partial charge in [-0.1, -0.05) is 18.2 Å². The quantitative estimate of drug-likeness (QED) is 0.801. The first-order valence-corrected chi connectivity index (χ1v) is 9.49. The van der Waals surface area contributed by atoms with Crippen LogP contribution < -0.4 is 0 Å². The van der Waals surface area contributed by atoms with E-state index in [0.717, 1.165) is 40.8 Å². The van der Waals surface area contributed by atoms with Gasteiger partial charge in [-0.2, -0.15) is 0 Å². The van der Waals surface area contributed by atoms with Gasteiger partial charge in [-0.15, -0.1) is 11.8 Å². The molecule has 114 valence electrons. The number of rotatable bonds is 3. The van der Waals surface area contributed by atoms with E-state index in [1.54, 1.807) is 7.11 Å². The van der Waals surface area contributed by atoms with Gasteiger partial charge in [0.05, 0.1) is 13.0 Å². The van der Waals surface area contributed by atoms with Gasteiger partial charge in [0.1, 0.15) is 0 Å². The van der Waals surface area contributed by atoms with Crippen molar-refractivity contribution in [2.75, 3.05) is 7.11 Å². The van der Waals surface area contributed by atoms with Crippen LogP contribution >= 0.6 is 11.8 Å². The normalized spacial score (nSPS) is 54.8. The van der Waals surface area contributed by atoms with Gasteiger partial charge >= 0.3 is 5.97 Å². The Labute approximate surface area is 135 Å². The second-order valence-electron chi connectivity index (χ2n) is 7.97. The van der Waals surface area contributed by atoms with Crippen LogP contribution in [0, 0.1) is 53.3 Å². The summed E-state index contributed by atoms with van der Waals surface area (Å²) in [6.07, 6.45) is 1.45. The molecule has 0 N–H and O–H groups in total. The summed E-state index contributed by atoms with van der Waals surface area (Å²) in [6.45, 7) is 0. The standard InChI is InChI=1S/C19H20O2S/c1-21-19(20)17-14-11-9-7-10-12(11)15(17)16(14)13(9)18(10)22-8-5-3-2-4-6-8/h2-6,9-18H,7H2,1H3/t9-,10+,11-,12+,13+,14+,15-,16?,17-,18+/m1/s1. The van der Waals surface area contributed by atoms with Crippen molar-refractivity contribution in [2.45, 2.75) is 16.6 Å². The predicted octanol–water partition coefficient (Wildman–Crippen LogP) is 3.32. The second-order valence-corrected chi connectivity index (χ2v) is 9.22. The van der Waals surface area contributed by atoms with E-state index in [-0.39, 0.29) is 11.9 Å². The zero-order chi connectivity index (χ0) is 14.6. The fourth-order valence-corrected chi connectivity index (χ4v) is 9.34. The Morgan fingerprint density at radius 2 is 1.73 bits per heavy atom. The number of benzene rings is 1. The van der Waals surface area contributed by atoms with Crippen LogP contribution in [0.25, 0.3) is 0 Å². The lowest BCUT2D eigenvalue weighted by Gasteiger charge is -2.52. The Hall–Kier alpha value is -0.960. The van der Waals surface area contributed by atoms with Crippen molar-refractivity contribution in [1.29, 1.82) is 0 Å². The third-order valence-electron chi connectivity index (χ3n) is 7.81. The molecular weight excluding hydrogens is 292 g/mol. The van der Waals surface area contributed by atoms with Crippen molar-refractivity contribution >= 4 is 17.7 Å². The van der Waals surface area contributed by atoms with Crippen LogP contribution in [0.2, 0.25) is 0 Å². The lowest BCUT2D eigenvalue weighted by molar-refractivity contribution is -0.160. The van der Waals surface area contributed by atoms with Crippen LogP contribution in [-0.2, 0) is 9.53 Å². The van der Waals surface area contributed by atoms with Crippen LogP contribution in [-0.4, -0.2) is 18.3 Å². The highest BCUT2D eigenvalue weighted by atomic mass is 32.2. The lowest BCUT2D eigenvalue weighted by Crippen LogP contribution is -2.53. The van der Waals surface area contributed by atoms with Crippen molar-refractivity contribution in [2.24, 2.45) is 53.3 Å². The summed E-state index contributed by atoms with van der Waals surface area (Å²) in [4.78, 5) is 13.5. The van der Waals surface area contributed by atoms with Gasteiger partial charge in [-0.3, -0.25) is 4.79 Å². The number of carbonyl (C=O) groups is 1. The largest absolute Gasteiger partial charge is 0.469 e. The maximum atomic E-state index is 12.1. The maximum absolute atomic E-state index is 12.1. The summed E-state index contributed by atoms with van der Waals surface area (Å²) in [7, 11) is 1.56. The molecule has 1 aromatic carbocycles. The Balaban J connectivity index is 1.32. The number of hydrogen-bond donors (Lipinski definition) is 0. The van der Waals surface area contributed by atoms with Gasteiger partial charge in [-0.05, 0) is 65.9 Å². The second kappa shape index (κ2) is 3.92. The van der Waals surface area contributed by atoms with E-state index in [1.807, 2.05) is 0 Å². The first kappa shape index (κ1) is 12.5. The van der Waals surface area contributed by atoms with Crippen molar-refractivity contribution in [1.82, 2.24) is 0 Å².